The highest BCUT2D eigenvalue weighted by atomic mass is 35.5. The van der Waals surface area contributed by atoms with Crippen LogP contribution in [0.25, 0.3) is 11.1 Å². The van der Waals surface area contributed by atoms with Crippen LogP contribution in [-0.2, 0) is 0 Å². The lowest BCUT2D eigenvalue weighted by Gasteiger charge is -2.07. The van der Waals surface area contributed by atoms with Gasteiger partial charge in [-0.3, -0.25) is 4.79 Å². The molecule has 1 aliphatic heterocycles. The van der Waals surface area contributed by atoms with Crippen LogP contribution in [0.5, 0.6) is 11.5 Å². The normalized spacial score (nSPS) is 14.2. The van der Waals surface area contributed by atoms with E-state index >= 15 is 0 Å². The summed E-state index contributed by atoms with van der Waals surface area (Å²) < 4.78 is 40.0. The molecule has 0 bridgehead atoms. The number of carbonyl (C=O) groups excluding carboxylic acids is 1. The predicted molar refractivity (Wildman–Crippen MR) is 90.1 cm³/mol. The van der Waals surface area contributed by atoms with Crippen molar-refractivity contribution in [2.24, 2.45) is 0 Å². The number of nitrogens with one attached hydrogen (secondary N) is 1. The molecule has 0 fully saturated rings. The first kappa shape index (κ1) is 17.2. The number of rotatable bonds is 3. The third-order valence-corrected chi connectivity index (χ3v) is 4.12. The number of alkyl halides is 2. The van der Waals surface area contributed by atoms with Gasteiger partial charge in [0.1, 0.15) is 17.1 Å². The van der Waals surface area contributed by atoms with Gasteiger partial charge in [-0.25, -0.2) is 4.98 Å². The zero-order chi connectivity index (χ0) is 19.2. The van der Waals surface area contributed by atoms with Crippen molar-refractivity contribution < 1.29 is 27.6 Å². The molecule has 1 amide bonds. The van der Waals surface area contributed by atoms with E-state index in [4.69, 9.17) is 16.1 Å². The maximum atomic E-state index is 13.2. The second kappa shape index (κ2) is 6.20. The summed E-state index contributed by atoms with van der Waals surface area (Å²) >= 11 is 6.15. The predicted octanol–water partition coefficient (Wildman–Crippen LogP) is 4.27. The largest absolute Gasteiger partial charge is 0.586 e. The number of pyridine rings is 1. The SMILES string of the molecule is Cc1oncc1C(=O)Nc1ccc(-c2cc3c(cc2Cl)OC(F)(F)O3)cn1. The Morgan fingerprint density at radius 1 is 1.19 bits per heavy atom. The molecule has 3 aromatic rings. The number of ether oxygens (including phenoxy) is 2. The highest BCUT2D eigenvalue weighted by molar-refractivity contribution is 6.33. The van der Waals surface area contributed by atoms with Crippen LogP contribution in [0, 0.1) is 6.92 Å². The first-order valence-corrected chi connectivity index (χ1v) is 7.98. The van der Waals surface area contributed by atoms with E-state index in [2.05, 4.69) is 24.9 Å². The Labute approximate surface area is 155 Å². The molecule has 0 aliphatic carbocycles. The van der Waals surface area contributed by atoms with Gasteiger partial charge in [-0.1, -0.05) is 16.8 Å². The van der Waals surface area contributed by atoms with Crippen molar-refractivity contribution in [3.63, 3.8) is 0 Å². The molecule has 0 saturated heterocycles. The van der Waals surface area contributed by atoms with E-state index in [0.717, 1.165) is 0 Å². The highest BCUT2D eigenvalue weighted by Gasteiger charge is 2.43. The quantitative estimate of drug-likeness (QED) is 0.715. The summed E-state index contributed by atoms with van der Waals surface area (Å²) in [7, 11) is 0. The van der Waals surface area contributed by atoms with E-state index < -0.39 is 12.2 Å². The van der Waals surface area contributed by atoms with Gasteiger partial charge in [0.15, 0.2) is 11.5 Å². The van der Waals surface area contributed by atoms with Crippen molar-refractivity contribution in [2.45, 2.75) is 13.2 Å². The number of benzene rings is 1. The number of halogens is 3. The van der Waals surface area contributed by atoms with Crippen molar-refractivity contribution >= 4 is 23.3 Å². The first-order chi connectivity index (χ1) is 12.8. The van der Waals surface area contributed by atoms with Crippen molar-refractivity contribution in [2.75, 3.05) is 5.32 Å². The van der Waals surface area contributed by atoms with Crippen LogP contribution in [-0.4, -0.2) is 22.3 Å². The average molecular weight is 394 g/mol. The van der Waals surface area contributed by atoms with Crippen LogP contribution >= 0.6 is 11.6 Å². The third kappa shape index (κ3) is 3.28. The Morgan fingerprint density at radius 2 is 1.93 bits per heavy atom. The van der Waals surface area contributed by atoms with Crippen LogP contribution in [0.3, 0.4) is 0 Å². The van der Waals surface area contributed by atoms with Gasteiger partial charge in [-0.2, -0.15) is 0 Å². The molecule has 3 heterocycles. The van der Waals surface area contributed by atoms with Crippen molar-refractivity contribution in [3.8, 4) is 22.6 Å². The standard InChI is InChI=1S/C17H10ClF2N3O4/c1-8-11(7-22-27-8)16(24)23-15-3-2-9(6-21-15)10-4-13-14(5-12(10)18)26-17(19,20)25-13/h2-7H,1H3,(H,21,23,24). The second-order valence-electron chi connectivity index (χ2n) is 5.63. The average Bonchev–Trinajstić information content (AvgIpc) is 3.16. The number of aromatic nitrogens is 2. The van der Waals surface area contributed by atoms with Gasteiger partial charge in [0.2, 0.25) is 0 Å². The molecule has 138 valence electrons. The summed E-state index contributed by atoms with van der Waals surface area (Å²) in [5, 5.41) is 6.33. The molecule has 7 nitrogen and oxygen atoms in total. The molecule has 0 saturated carbocycles. The van der Waals surface area contributed by atoms with Gasteiger partial charge in [-0.05, 0) is 25.1 Å². The Kier molecular flexibility index (Phi) is 3.96. The summed E-state index contributed by atoms with van der Waals surface area (Å²) in [5.74, 6) is -0.0208. The van der Waals surface area contributed by atoms with Crippen molar-refractivity contribution in [3.05, 3.63) is 53.0 Å². The smallest absolute Gasteiger partial charge is 0.395 e. The van der Waals surface area contributed by atoms with Crippen LogP contribution < -0.4 is 14.8 Å². The fourth-order valence-electron chi connectivity index (χ4n) is 2.52. The van der Waals surface area contributed by atoms with E-state index in [1.165, 1.54) is 24.5 Å². The van der Waals surface area contributed by atoms with Crippen LogP contribution in [0.2, 0.25) is 5.02 Å². The maximum Gasteiger partial charge on any atom is 0.586 e. The molecule has 1 aliphatic rings. The number of amides is 1. The van der Waals surface area contributed by atoms with Crippen molar-refractivity contribution in [1.82, 2.24) is 10.1 Å². The molecule has 0 unspecified atom stereocenters. The Balaban J connectivity index is 1.57. The summed E-state index contributed by atoms with van der Waals surface area (Å²) in [6, 6.07) is 5.77. The number of aryl methyl sites for hydroxylation is 1. The maximum absolute atomic E-state index is 13.2. The Bertz CT molecular complexity index is 1040. The molecule has 1 aromatic carbocycles. The molecule has 0 spiro atoms. The van der Waals surface area contributed by atoms with E-state index in [-0.39, 0.29) is 22.3 Å². The number of carbonyl (C=O) groups is 1. The van der Waals surface area contributed by atoms with Gasteiger partial charge in [0, 0.05) is 23.4 Å². The monoisotopic (exact) mass is 393 g/mol. The van der Waals surface area contributed by atoms with Gasteiger partial charge in [0.05, 0.1) is 11.2 Å². The van der Waals surface area contributed by atoms with Gasteiger partial charge in [0.25, 0.3) is 5.91 Å². The lowest BCUT2D eigenvalue weighted by atomic mass is 10.1. The summed E-state index contributed by atoms with van der Waals surface area (Å²) in [5.41, 5.74) is 1.26. The second-order valence-corrected chi connectivity index (χ2v) is 6.04. The van der Waals surface area contributed by atoms with Gasteiger partial charge < -0.3 is 19.3 Å². The number of fused-ring (bicyclic) bond motifs is 1. The Morgan fingerprint density at radius 3 is 2.56 bits per heavy atom. The molecular weight excluding hydrogens is 384 g/mol. The van der Waals surface area contributed by atoms with E-state index in [1.807, 2.05) is 0 Å². The van der Waals surface area contributed by atoms with Crippen LogP contribution in [0.4, 0.5) is 14.6 Å². The van der Waals surface area contributed by atoms with Gasteiger partial charge >= 0.3 is 6.29 Å². The number of hydrogen-bond donors (Lipinski definition) is 1. The Hall–Kier alpha value is -3.20. The summed E-state index contributed by atoms with van der Waals surface area (Å²) in [4.78, 5) is 16.3. The minimum atomic E-state index is -3.73. The van der Waals surface area contributed by atoms with Crippen LogP contribution in [0.15, 0.2) is 41.2 Å². The lowest BCUT2D eigenvalue weighted by Crippen LogP contribution is -2.25. The topological polar surface area (TPSA) is 86.5 Å². The number of nitrogens with zero attached hydrogens (tertiary/aromatic N) is 2. The summed E-state index contributed by atoms with van der Waals surface area (Å²) in [6.45, 7) is 1.61. The van der Waals surface area contributed by atoms with Crippen molar-refractivity contribution in [1.29, 1.82) is 0 Å². The molecule has 0 atom stereocenters. The molecule has 2 aromatic heterocycles. The number of hydrogen-bond acceptors (Lipinski definition) is 6. The first-order valence-electron chi connectivity index (χ1n) is 7.61. The zero-order valence-corrected chi connectivity index (χ0v) is 14.4. The zero-order valence-electron chi connectivity index (χ0n) is 13.6. The number of anilines is 1. The fraction of sp³-hybridized carbons (Fsp3) is 0.118. The minimum Gasteiger partial charge on any atom is -0.395 e. The van der Waals surface area contributed by atoms with E-state index in [1.54, 1.807) is 19.1 Å². The van der Waals surface area contributed by atoms with Crippen LogP contribution in [0.1, 0.15) is 16.1 Å². The van der Waals surface area contributed by atoms with Gasteiger partial charge in [-0.15, -0.1) is 8.78 Å². The molecule has 27 heavy (non-hydrogen) atoms. The molecular formula is C17H10ClF2N3O4. The molecule has 4 rings (SSSR count). The molecule has 1 N–H and O–H groups in total. The molecule has 10 heteroatoms. The van der Waals surface area contributed by atoms with E-state index in [0.29, 0.717) is 22.5 Å². The summed E-state index contributed by atoms with van der Waals surface area (Å²) in [6.07, 6.45) is -0.977. The fourth-order valence-corrected chi connectivity index (χ4v) is 2.78. The minimum absolute atomic E-state index is 0.125. The lowest BCUT2D eigenvalue weighted by molar-refractivity contribution is -0.286. The third-order valence-electron chi connectivity index (χ3n) is 3.80. The highest BCUT2D eigenvalue weighted by Crippen LogP contribution is 2.45. The molecule has 0 radical (unpaired) electrons. The van der Waals surface area contributed by atoms with E-state index in [9.17, 15) is 13.6 Å².